The molecule has 0 aliphatic rings. The lowest BCUT2D eigenvalue weighted by molar-refractivity contribution is -0.136. The zero-order valence-corrected chi connectivity index (χ0v) is 11.2. The number of aromatic nitrogens is 1. The molecule has 3 aromatic rings. The number of carbonyl (C=O) groups is 1. The van der Waals surface area contributed by atoms with Gasteiger partial charge in [0.1, 0.15) is 0 Å². The number of carboxylic acids is 1. The summed E-state index contributed by atoms with van der Waals surface area (Å²) in [5.74, 6) is -0.802. The van der Waals surface area contributed by atoms with Crippen molar-refractivity contribution >= 4 is 16.9 Å². The molecule has 3 rings (SSSR count). The SMILES string of the molecule is Cn1ccc2cc(-c3ccc(CC(=O)O)cc3)ccc21. The molecule has 0 unspecified atom stereocenters. The maximum Gasteiger partial charge on any atom is 0.307 e. The Balaban J connectivity index is 1.95. The summed E-state index contributed by atoms with van der Waals surface area (Å²) in [6.07, 6.45) is 2.11. The molecule has 0 spiro atoms. The Morgan fingerprint density at radius 3 is 2.45 bits per heavy atom. The second kappa shape index (κ2) is 4.85. The number of hydrogen-bond donors (Lipinski definition) is 1. The molecule has 0 aliphatic heterocycles. The fourth-order valence-electron chi connectivity index (χ4n) is 2.45. The molecular formula is C17H15NO2. The molecule has 0 saturated heterocycles. The van der Waals surface area contributed by atoms with Crippen LogP contribution in [0, 0.1) is 0 Å². The third-order valence-electron chi connectivity index (χ3n) is 3.53. The van der Waals surface area contributed by atoms with Gasteiger partial charge in [0.25, 0.3) is 0 Å². The number of aryl methyl sites for hydroxylation is 1. The van der Waals surface area contributed by atoms with Gasteiger partial charge >= 0.3 is 5.97 Å². The zero-order chi connectivity index (χ0) is 14.1. The van der Waals surface area contributed by atoms with Gasteiger partial charge in [-0.05, 0) is 34.9 Å². The van der Waals surface area contributed by atoms with Crippen molar-refractivity contribution < 1.29 is 9.90 Å². The van der Waals surface area contributed by atoms with Gasteiger partial charge in [0.15, 0.2) is 0 Å². The lowest BCUT2D eigenvalue weighted by Crippen LogP contribution is -1.99. The second-order valence-corrected chi connectivity index (χ2v) is 4.97. The molecule has 0 bridgehead atoms. The second-order valence-electron chi connectivity index (χ2n) is 4.97. The van der Waals surface area contributed by atoms with Gasteiger partial charge in [-0.3, -0.25) is 4.79 Å². The van der Waals surface area contributed by atoms with E-state index in [4.69, 9.17) is 5.11 Å². The van der Waals surface area contributed by atoms with E-state index in [0.29, 0.717) is 0 Å². The molecule has 1 aromatic heterocycles. The summed E-state index contributed by atoms with van der Waals surface area (Å²) < 4.78 is 2.09. The summed E-state index contributed by atoms with van der Waals surface area (Å²) in [6, 6.07) is 16.1. The monoisotopic (exact) mass is 265 g/mol. The summed E-state index contributed by atoms with van der Waals surface area (Å²) in [7, 11) is 2.03. The lowest BCUT2D eigenvalue weighted by atomic mass is 10.0. The van der Waals surface area contributed by atoms with Crippen molar-refractivity contribution in [3.8, 4) is 11.1 Å². The topological polar surface area (TPSA) is 42.2 Å². The van der Waals surface area contributed by atoms with Crippen LogP contribution in [0.3, 0.4) is 0 Å². The van der Waals surface area contributed by atoms with Gasteiger partial charge in [-0.15, -0.1) is 0 Å². The van der Waals surface area contributed by atoms with Gasteiger partial charge in [0, 0.05) is 24.1 Å². The largest absolute Gasteiger partial charge is 0.481 e. The number of aliphatic carboxylic acids is 1. The molecule has 1 N–H and O–H groups in total. The number of rotatable bonds is 3. The maximum absolute atomic E-state index is 10.7. The average Bonchev–Trinajstić information content (AvgIpc) is 2.80. The third kappa shape index (κ3) is 2.30. The van der Waals surface area contributed by atoms with Crippen LogP contribution in [0.25, 0.3) is 22.0 Å². The van der Waals surface area contributed by atoms with Gasteiger partial charge in [-0.1, -0.05) is 30.3 Å². The first kappa shape index (κ1) is 12.5. The predicted octanol–water partition coefficient (Wildman–Crippen LogP) is 3.47. The quantitative estimate of drug-likeness (QED) is 0.788. The van der Waals surface area contributed by atoms with Gasteiger partial charge in [0.2, 0.25) is 0 Å². The number of hydrogen-bond acceptors (Lipinski definition) is 1. The minimum absolute atomic E-state index is 0.0675. The van der Waals surface area contributed by atoms with Crippen LogP contribution >= 0.6 is 0 Å². The molecule has 100 valence electrons. The number of benzene rings is 2. The Labute approximate surface area is 117 Å². The van der Waals surface area contributed by atoms with Crippen molar-refractivity contribution in [1.82, 2.24) is 4.57 Å². The highest BCUT2D eigenvalue weighted by Crippen LogP contribution is 2.25. The Morgan fingerprint density at radius 2 is 1.75 bits per heavy atom. The first-order valence-electron chi connectivity index (χ1n) is 6.50. The molecule has 0 amide bonds. The minimum Gasteiger partial charge on any atom is -0.481 e. The molecule has 0 atom stereocenters. The van der Waals surface area contributed by atoms with Crippen LogP contribution in [0.5, 0.6) is 0 Å². The van der Waals surface area contributed by atoms with Crippen LogP contribution in [0.15, 0.2) is 54.7 Å². The van der Waals surface area contributed by atoms with Crippen molar-refractivity contribution in [2.24, 2.45) is 7.05 Å². The van der Waals surface area contributed by atoms with Crippen LogP contribution < -0.4 is 0 Å². The summed E-state index contributed by atoms with van der Waals surface area (Å²) in [5, 5.41) is 9.98. The molecule has 1 heterocycles. The van der Waals surface area contributed by atoms with Crippen LogP contribution in [0.4, 0.5) is 0 Å². The molecule has 2 aromatic carbocycles. The summed E-state index contributed by atoms with van der Waals surface area (Å²) in [6.45, 7) is 0. The number of fused-ring (bicyclic) bond motifs is 1. The Kier molecular flexibility index (Phi) is 3.03. The van der Waals surface area contributed by atoms with Crippen molar-refractivity contribution in [2.75, 3.05) is 0 Å². The highest BCUT2D eigenvalue weighted by molar-refractivity contribution is 5.85. The highest BCUT2D eigenvalue weighted by Gasteiger charge is 2.04. The molecule has 3 heteroatoms. The molecule has 0 radical (unpaired) electrons. The van der Waals surface area contributed by atoms with Crippen molar-refractivity contribution in [1.29, 1.82) is 0 Å². The van der Waals surface area contributed by atoms with Crippen molar-refractivity contribution in [3.63, 3.8) is 0 Å². The van der Waals surface area contributed by atoms with Crippen LogP contribution in [0.2, 0.25) is 0 Å². The standard InChI is InChI=1S/C17H15NO2/c1-18-9-8-15-11-14(6-7-16(15)18)13-4-2-12(3-5-13)10-17(19)20/h2-9,11H,10H2,1H3,(H,19,20). The first-order chi connectivity index (χ1) is 9.63. The fraction of sp³-hybridized carbons (Fsp3) is 0.118. The third-order valence-corrected chi connectivity index (χ3v) is 3.53. The average molecular weight is 265 g/mol. The van der Waals surface area contributed by atoms with E-state index in [2.05, 4.69) is 28.8 Å². The molecule has 20 heavy (non-hydrogen) atoms. The van der Waals surface area contributed by atoms with Gasteiger partial charge in [-0.2, -0.15) is 0 Å². The van der Waals surface area contributed by atoms with Crippen molar-refractivity contribution in [2.45, 2.75) is 6.42 Å². The smallest absolute Gasteiger partial charge is 0.307 e. The Hall–Kier alpha value is -2.55. The van der Waals surface area contributed by atoms with E-state index in [1.54, 1.807) is 0 Å². The molecule has 0 fully saturated rings. The number of carboxylic acid groups (broad SMARTS) is 1. The van der Waals surface area contributed by atoms with E-state index < -0.39 is 5.97 Å². The minimum atomic E-state index is -0.802. The van der Waals surface area contributed by atoms with Crippen molar-refractivity contribution in [3.05, 3.63) is 60.3 Å². The molecule has 3 nitrogen and oxygen atoms in total. The maximum atomic E-state index is 10.7. The normalized spacial score (nSPS) is 10.8. The van der Waals surface area contributed by atoms with E-state index in [1.165, 1.54) is 10.9 Å². The van der Waals surface area contributed by atoms with Gasteiger partial charge in [0.05, 0.1) is 6.42 Å². The first-order valence-corrected chi connectivity index (χ1v) is 6.50. The van der Waals surface area contributed by atoms with Gasteiger partial charge in [-0.25, -0.2) is 0 Å². The van der Waals surface area contributed by atoms with E-state index in [1.807, 2.05) is 37.5 Å². The van der Waals surface area contributed by atoms with Crippen LogP contribution in [-0.4, -0.2) is 15.6 Å². The fourth-order valence-corrected chi connectivity index (χ4v) is 2.45. The van der Waals surface area contributed by atoms with Crippen LogP contribution in [0.1, 0.15) is 5.56 Å². The summed E-state index contributed by atoms with van der Waals surface area (Å²) >= 11 is 0. The zero-order valence-electron chi connectivity index (χ0n) is 11.2. The highest BCUT2D eigenvalue weighted by atomic mass is 16.4. The van der Waals surface area contributed by atoms with Gasteiger partial charge < -0.3 is 9.67 Å². The van der Waals surface area contributed by atoms with E-state index in [9.17, 15) is 4.79 Å². The van der Waals surface area contributed by atoms with Crippen LogP contribution in [-0.2, 0) is 18.3 Å². The Morgan fingerprint density at radius 1 is 1.05 bits per heavy atom. The Bertz CT molecular complexity index is 769. The van der Waals surface area contributed by atoms with E-state index >= 15 is 0 Å². The van der Waals surface area contributed by atoms with E-state index in [0.717, 1.165) is 16.7 Å². The molecule has 0 aliphatic carbocycles. The summed E-state index contributed by atoms with van der Waals surface area (Å²) in [4.78, 5) is 10.7. The predicted molar refractivity (Wildman–Crippen MR) is 79.7 cm³/mol. The summed E-state index contributed by atoms with van der Waals surface area (Å²) in [5.41, 5.74) is 4.27. The molecule has 0 saturated carbocycles. The lowest BCUT2D eigenvalue weighted by Gasteiger charge is -2.04. The number of nitrogens with zero attached hydrogens (tertiary/aromatic N) is 1. The molecular weight excluding hydrogens is 250 g/mol. The van der Waals surface area contributed by atoms with E-state index in [-0.39, 0.29) is 6.42 Å².